The standard InChI is InChI=1S/C32H34N4O6/c1-42-27-11-5-9-23-22(27)17-25(34-23)32(41)36-15-14-18-6-2-3-8-21(18)28(36)30(39)35-24(16-19-7-4-10-26(19)37)29(38)31(40)33-20-12-13-20/h2-3,5-6,8-9,11,17,19-20,24,28,34H,4,7,10,12-16H2,1H3,(H,33,40)(H,35,39). The predicted molar refractivity (Wildman–Crippen MR) is 154 cm³/mol. The number of benzene rings is 2. The molecule has 218 valence electrons. The van der Waals surface area contributed by atoms with E-state index in [4.69, 9.17) is 4.74 Å². The smallest absolute Gasteiger partial charge is 0.289 e. The van der Waals surface area contributed by atoms with E-state index in [0.29, 0.717) is 36.3 Å². The van der Waals surface area contributed by atoms with Gasteiger partial charge in [-0.25, -0.2) is 0 Å². The zero-order valence-corrected chi connectivity index (χ0v) is 23.5. The fraction of sp³-hybridized carbons (Fsp3) is 0.406. The molecule has 0 spiro atoms. The molecule has 3 aromatic rings. The molecule has 2 heterocycles. The molecular formula is C32H34N4O6. The zero-order chi connectivity index (χ0) is 29.4. The highest BCUT2D eigenvalue weighted by molar-refractivity contribution is 6.38. The summed E-state index contributed by atoms with van der Waals surface area (Å²) in [5, 5.41) is 6.26. The van der Waals surface area contributed by atoms with E-state index < -0.39 is 35.6 Å². The molecule has 10 heteroatoms. The molecule has 2 saturated carbocycles. The summed E-state index contributed by atoms with van der Waals surface area (Å²) in [5.41, 5.74) is 2.62. The van der Waals surface area contributed by atoms with Crippen LogP contribution in [-0.2, 0) is 25.6 Å². The molecule has 1 aromatic heterocycles. The number of aromatic amines is 1. The van der Waals surface area contributed by atoms with Crippen LogP contribution in [0.1, 0.15) is 66.2 Å². The van der Waals surface area contributed by atoms with Crippen molar-refractivity contribution in [2.45, 2.75) is 63.1 Å². The Balaban J connectivity index is 1.31. The third-order valence-electron chi connectivity index (χ3n) is 8.59. The monoisotopic (exact) mass is 570 g/mol. The van der Waals surface area contributed by atoms with E-state index in [2.05, 4.69) is 15.6 Å². The van der Waals surface area contributed by atoms with Crippen LogP contribution in [0.25, 0.3) is 10.9 Å². The number of ketones is 2. The van der Waals surface area contributed by atoms with Crippen molar-refractivity contribution in [3.63, 3.8) is 0 Å². The highest BCUT2D eigenvalue weighted by atomic mass is 16.5. The quantitative estimate of drug-likeness (QED) is 0.338. The van der Waals surface area contributed by atoms with E-state index in [1.54, 1.807) is 13.2 Å². The van der Waals surface area contributed by atoms with E-state index in [9.17, 15) is 24.0 Å². The Labute approximate surface area is 243 Å². The van der Waals surface area contributed by atoms with E-state index in [-0.39, 0.29) is 30.7 Å². The van der Waals surface area contributed by atoms with Crippen LogP contribution in [0.3, 0.4) is 0 Å². The summed E-state index contributed by atoms with van der Waals surface area (Å²) in [7, 11) is 1.56. The van der Waals surface area contributed by atoms with E-state index in [1.807, 2.05) is 42.5 Å². The number of aromatic nitrogens is 1. The number of Topliss-reactive ketones (excluding diaryl/α,β-unsaturated/α-hetero) is 2. The van der Waals surface area contributed by atoms with Gasteiger partial charge in [0.15, 0.2) is 0 Å². The minimum absolute atomic E-state index is 0.0285. The van der Waals surface area contributed by atoms with E-state index >= 15 is 0 Å². The lowest BCUT2D eigenvalue weighted by molar-refractivity contribution is -0.141. The Kier molecular flexibility index (Phi) is 7.53. The normalized spacial score (nSPS) is 20.6. The number of hydrogen-bond donors (Lipinski definition) is 3. The molecular weight excluding hydrogens is 536 g/mol. The van der Waals surface area contributed by atoms with Crippen LogP contribution < -0.4 is 15.4 Å². The Bertz CT molecular complexity index is 1570. The number of methoxy groups -OCH3 is 1. The van der Waals surface area contributed by atoms with Crippen LogP contribution in [0.4, 0.5) is 0 Å². The average molecular weight is 571 g/mol. The average Bonchev–Trinajstić information content (AvgIpc) is 3.55. The molecule has 42 heavy (non-hydrogen) atoms. The number of hydrogen-bond acceptors (Lipinski definition) is 6. The second-order valence-electron chi connectivity index (χ2n) is 11.4. The maximum atomic E-state index is 14.1. The molecule has 3 aliphatic rings. The topological polar surface area (TPSA) is 138 Å². The summed E-state index contributed by atoms with van der Waals surface area (Å²) in [5.74, 6) is -2.19. The van der Waals surface area contributed by atoms with Crippen molar-refractivity contribution in [2.75, 3.05) is 13.7 Å². The van der Waals surface area contributed by atoms with Crippen molar-refractivity contribution >= 4 is 40.2 Å². The number of nitrogens with one attached hydrogen (secondary N) is 3. The predicted octanol–water partition coefficient (Wildman–Crippen LogP) is 3.01. The maximum absolute atomic E-state index is 14.1. The lowest BCUT2D eigenvalue weighted by Gasteiger charge is -2.37. The van der Waals surface area contributed by atoms with Crippen LogP contribution in [0.2, 0.25) is 0 Å². The van der Waals surface area contributed by atoms with Gasteiger partial charge >= 0.3 is 0 Å². The Morgan fingerprint density at radius 3 is 2.60 bits per heavy atom. The van der Waals surface area contributed by atoms with Crippen LogP contribution in [0, 0.1) is 5.92 Å². The fourth-order valence-electron chi connectivity index (χ4n) is 6.19. The summed E-state index contributed by atoms with van der Waals surface area (Å²) in [6.45, 7) is 0.280. The van der Waals surface area contributed by atoms with Crippen molar-refractivity contribution in [3.8, 4) is 5.75 Å². The molecule has 3 unspecified atom stereocenters. The van der Waals surface area contributed by atoms with Crippen molar-refractivity contribution < 1.29 is 28.7 Å². The molecule has 2 fully saturated rings. The summed E-state index contributed by atoms with van der Waals surface area (Å²) >= 11 is 0. The van der Waals surface area contributed by atoms with E-state index in [0.717, 1.165) is 35.7 Å². The molecule has 1 aliphatic heterocycles. The SMILES string of the molecule is COc1cccc2[nH]c(C(=O)N3CCc4ccccc4C3C(=O)NC(CC3CCCC3=O)C(=O)C(=O)NC3CC3)cc12. The molecule has 0 radical (unpaired) electrons. The highest BCUT2D eigenvalue weighted by Crippen LogP contribution is 2.34. The number of H-pyrrole nitrogens is 1. The van der Waals surface area contributed by atoms with Gasteiger partial charge in [-0.1, -0.05) is 30.3 Å². The highest BCUT2D eigenvalue weighted by Gasteiger charge is 2.41. The largest absolute Gasteiger partial charge is 0.496 e. The molecule has 10 nitrogen and oxygen atoms in total. The van der Waals surface area contributed by atoms with Crippen molar-refractivity contribution in [1.29, 1.82) is 0 Å². The van der Waals surface area contributed by atoms with Gasteiger partial charge in [-0.2, -0.15) is 0 Å². The summed E-state index contributed by atoms with van der Waals surface area (Å²) in [6, 6.07) is 12.4. The van der Waals surface area contributed by atoms with Gasteiger partial charge in [0.25, 0.3) is 11.8 Å². The fourth-order valence-corrected chi connectivity index (χ4v) is 6.19. The van der Waals surface area contributed by atoms with Gasteiger partial charge < -0.3 is 25.3 Å². The van der Waals surface area contributed by atoms with Crippen LogP contribution in [-0.4, -0.2) is 64.9 Å². The molecule has 0 bridgehead atoms. The Hall–Kier alpha value is -4.47. The number of carbonyl (C=O) groups excluding carboxylic acids is 5. The Morgan fingerprint density at radius 1 is 1.05 bits per heavy atom. The summed E-state index contributed by atoms with van der Waals surface area (Å²) in [4.78, 5) is 71.3. The minimum atomic E-state index is -1.17. The molecule has 2 aliphatic carbocycles. The van der Waals surface area contributed by atoms with E-state index in [1.165, 1.54) is 4.90 Å². The zero-order valence-electron chi connectivity index (χ0n) is 23.5. The number of nitrogens with zero attached hydrogens (tertiary/aromatic N) is 1. The van der Waals surface area contributed by atoms with Gasteiger partial charge in [0, 0.05) is 35.8 Å². The van der Waals surface area contributed by atoms with Gasteiger partial charge in [0.05, 0.1) is 13.2 Å². The summed E-state index contributed by atoms with van der Waals surface area (Å²) < 4.78 is 5.45. The number of amides is 3. The molecule has 2 aromatic carbocycles. The lowest BCUT2D eigenvalue weighted by Crippen LogP contribution is -2.53. The maximum Gasteiger partial charge on any atom is 0.289 e. The van der Waals surface area contributed by atoms with Gasteiger partial charge in [0.1, 0.15) is 23.3 Å². The van der Waals surface area contributed by atoms with Gasteiger partial charge in [-0.05, 0) is 67.9 Å². The van der Waals surface area contributed by atoms with Crippen LogP contribution in [0.15, 0.2) is 48.5 Å². The second kappa shape index (κ2) is 11.4. The third kappa shape index (κ3) is 5.41. The van der Waals surface area contributed by atoms with Gasteiger partial charge in [0.2, 0.25) is 11.7 Å². The number of ether oxygens (including phenoxy) is 1. The molecule has 0 saturated heterocycles. The van der Waals surface area contributed by atoms with Gasteiger partial charge in [-0.15, -0.1) is 0 Å². The molecule has 3 amide bonds. The van der Waals surface area contributed by atoms with Crippen LogP contribution >= 0.6 is 0 Å². The van der Waals surface area contributed by atoms with Crippen molar-refractivity contribution in [1.82, 2.24) is 20.5 Å². The second-order valence-corrected chi connectivity index (χ2v) is 11.4. The number of rotatable bonds is 9. The first-order valence-electron chi connectivity index (χ1n) is 14.6. The Morgan fingerprint density at radius 2 is 1.86 bits per heavy atom. The first kappa shape index (κ1) is 27.7. The first-order valence-corrected chi connectivity index (χ1v) is 14.6. The minimum Gasteiger partial charge on any atom is -0.496 e. The van der Waals surface area contributed by atoms with Crippen LogP contribution in [0.5, 0.6) is 5.75 Å². The lowest BCUT2D eigenvalue weighted by atomic mass is 9.90. The third-order valence-corrected chi connectivity index (χ3v) is 8.59. The first-order chi connectivity index (χ1) is 20.3. The molecule has 3 N–H and O–H groups in total. The number of carbonyl (C=O) groups is 5. The van der Waals surface area contributed by atoms with Crippen molar-refractivity contribution in [3.05, 3.63) is 65.4 Å². The number of fused-ring (bicyclic) bond motifs is 2. The molecule has 6 rings (SSSR count). The summed E-state index contributed by atoms with van der Waals surface area (Å²) in [6.07, 6.45) is 4.01. The molecule has 3 atom stereocenters. The van der Waals surface area contributed by atoms with Crippen molar-refractivity contribution in [2.24, 2.45) is 5.92 Å². The van der Waals surface area contributed by atoms with Gasteiger partial charge in [-0.3, -0.25) is 24.0 Å².